The van der Waals surface area contributed by atoms with E-state index in [2.05, 4.69) is 16.4 Å². The number of fused-ring (bicyclic) bond motifs is 1. The van der Waals surface area contributed by atoms with E-state index in [-0.39, 0.29) is 42.2 Å². The number of nitriles is 1. The zero-order valence-electron chi connectivity index (χ0n) is 23.3. The van der Waals surface area contributed by atoms with Crippen molar-refractivity contribution < 1.29 is 18.8 Å². The lowest BCUT2D eigenvalue weighted by atomic mass is 9.85. The zero-order chi connectivity index (χ0) is 29.3. The van der Waals surface area contributed by atoms with Gasteiger partial charge in [0, 0.05) is 24.3 Å². The van der Waals surface area contributed by atoms with Gasteiger partial charge in [0.25, 0.3) is 11.8 Å². The van der Waals surface area contributed by atoms with Crippen LogP contribution < -0.4 is 15.1 Å². The van der Waals surface area contributed by atoms with Gasteiger partial charge in [0.1, 0.15) is 17.7 Å². The minimum Gasteiger partial charge on any atom is -0.351 e. The summed E-state index contributed by atoms with van der Waals surface area (Å²) in [5, 5.41) is 12.7. The van der Waals surface area contributed by atoms with Gasteiger partial charge >= 0.3 is 0 Å². The molecule has 6 rings (SSSR count). The number of carbonyl (C=O) groups excluding carboxylic acids is 3. The summed E-state index contributed by atoms with van der Waals surface area (Å²) in [7, 11) is 0. The van der Waals surface area contributed by atoms with Crippen LogP contribution in [0.25, 0.3) is 0 Å². The number of pyridine rings is 1. The predicted octanol–water partition coefficient (Wildman–Crippen LogP) is 4.91. The number of amides is 3. The number of hydrogen-bond donors (Lipinski definition) is 1. The summed E-state index contributed by atoms with van der Waals surface area (Å²) >= 11 is 0. The van der Waals surface area contributed by atoms with E-state index < -0.39 is 23.3 Å². The van der Waals surface area contributed by atoms with Crippen LogP contribution in [0.1, 0.15) is 68.1 Å². The molecule has 2 atom stereocenters. The first-order valence-electron chi connectivity index (χ1n) is 14.6. The lowest BCUT2D eigenvalue weighted by Crippen LogP contribution is -2.62. The predicted molar refractivity (Wildman–Crippen MR) is 155 cm³/mol. The molecule has 214 valence electrons. The number of nitrogens with zero attached hydrogens (tertiary/aromatic N) is 4. The molecule has 2 aromatic carbocycles. The molecule has 0 radical (unpaired) electrons. The van der Waals surface area contributed by atoms with Crippen LogP contribution in [0.4, 0.5) is 15.9 Å². The number of aryl methyl sites for hydroxylation is 1. The monoisotopic (exact) mass is 565 g/mol. The molecule has 3 aliphatic rings. The van der Waals surface area contributed by atoms with Crippen LogP contribution in [0, 0.1) is 17.1 Å². The Hall–Kier alpha value is -4.58. The maximum Gasteiger partial charge on any atom is 0.251 e. The van der Waals surface area contributed by atoms with Crippen molar-refractivity contribution in [3.8, 4) is 6.07 Å². The molecule has 1 saturated heterocycles. The van der Waals surface area contributed by atoms with Crippen LogP contribution >= 0.6 is 0 Å². The first-order valence-corrected chi connectivity index (χ1v) is 14.6. The summed E-state index contributed by atoms with van der Waals surface area (Å²) < 4.78 is 14.8. The van der Waals surface area contributed by atoms with Crippen molar-refractivity contribution in [2.45, 2.75) is 75.4 Å². The molecule has 3 amide bonds. The maximum atomic E-state index is 14.9. The van der Waals surface area contributed by atoms with E-state index in [0.717, 1.165) is 37.7 Å². The van der Waals surface area contributed by atoms with E-state index in [1.165, 1.54) is 46.3 Å². The molecule has 1 aliphatic heterocycles. The second kappa shape index (κ2) is 11.4. The fourth-order valence-electron chi connectivity index (χ4n) is 6.84. The number of nitrogens with one attached hydrogen (secondary N) is 1. The summed E-state index contributed by atoms with van der Waals surface area (Å²) in [5.74, 6) is -1.44. The van der Waals surface area contributed by atoms with E-state index in [4.69, 9.17) is 0 Å². The summed E-state index contributed by atoms with van der Waals surface area (Å²) in [6, 6.07) is 17.4. The quantitative estimate of drug-likeness (QED) is 0.457. The van der Waals surface area contributed by atoms with Crippen molar-refractivity contribution in [3.63, 3.8) is 0 Å². The third-order valence-corrected chi connectivity index (χ3v) is 8.82. The van der Waals surface area contributed by atoms with E-state index in [1.54, 1.807) is 6.07 Å². The summed E-state index contributed by atoms with van der Waals surface area (Å²) in [5.41, 5.74) is 0.761. The molecular formula is C33H32FN5O3. The van der Waals surface area contributed by atoms with Crippen LogP contribution in [-0.4, -0.2) is 34.8 Å². The first kappa shape index (κ1) is 27.6. The van der Waals surface area contributed by atoms with Gasteiger partial charge in [0.05, 0.1) is 11.6 Å². The number of carbonyl (C=O) groups is 3. The topological polar surface area (TPSA) is 106 Å². The van der Waals surface area contributed by atoms with Gasteiger partial charge in [-0.3, -0.25) is 24.2 Å². The number of benzene rings is 2. The third kappa shape index (κ3) is 4.81. The standard InChI is InChI=1S/C33H32FN5O3/c34-24-8-6-11-26(20-24)39(31(41)28-13-14-30(40)38(28)29-19-22(21-35)16-18-36-29)33(17-15-23-7-4-5-12-27(23)33)32(42)37-25-9-2-1-3-10-25/h4-8,11-12,16,18-20,25,28H,1-3,9-10,13-15,17H2,(H,37,42)/t28-,33+/m0/s1. The molecule has 2 heterocycles. The Morgan fingerprint density at radius 1 is 1.02 bits per heavy atom. The fraction of sp³-hybridized carbons (Fsp3) is 0.364. The van der Waals surface area contributed by atoms with Crippen molar-refractivity contribution in [1.82, 2.24) is 10.3 Å². The maximum absolute atomic E-state index is 14.9. The highest BCUT2D eigenvalue weighted by atomic mass is 19.1. The molecule has 0 unspecified atom stereocenters. The summed E-state index contributed by atoms with van der Waals surface area (Å²) in [6.45, 7) is 0. The fourth-order valence-corrected chi connectivity index (χ4v) is 6.84. The van der Waals surface area contributed by atoms with Gasteiger partial charge in [0.2, 0.25) is 5.91 Å². The highest BCUT2D eigenvalue weighted by Crippen LogP contribution is 2.46. The van der Waals surface area contributed by atoms with E-state index in [9.17, 15) is 24.0 Å². The van der Waals surface area contributed by atoms with Gasteiger partial charge in [-0.2, -0.15) is 5.26 Å². The minimum absolute atomic E-state index is 0.0113. The van der Waals surface area contributed by atoms with Gasteiger partial charge in [-0.1, -0.05) is 49.6 Å². The van der Waals surface area contributed by atoms with Crippen molar-refractivity contribution in [1.29, 1.82) is 5.26 Å². The molecule has 9 heteroatoms. The number of anilines is 2. The van der Waals surface area contributed by atoms with Crippen molar-refractivity contribution in [2.24, 2.45) is 0 Å². The smallest absolute Gasteiger partial charge is 0.251 e. The van der Waals surface area contributed by atoms with E-state index >= 15 is 0 Å². The number of hydrogen-bond acceptors (Lipinski definition) is 5. The Morgan fingerprint density at radius 3 is 2.62 bits per heavy atom. The summed E-state index contributed by atoms with van der Waals surface area (Å²) in [6.07, 6.45) is 7.50. The third-order valence-electron chi connectivity index (χ3n) is 8.82. The van der Waals surface area contributed by atoms with Gasteiger partial charge in [-0.05, 0) is 73.6 Å². The van der Waals surface area contributed by atoms with Crippen molar-refractivity contribution in [2.75, 3.05) is 9.80 Å². The highest BCUT2D eigenvalue weighted by Gasteiger charge is 2.55. The SMILES string of the molecule is N#Cc1ccnc(N2C(=O)CC[C@H]2C(=O)N(c2cccc(F)c2)[C@]2(C(=O)NC3CCCCC3)CCc3ccccc32)c1. The molecule has 1 aromatic heterocycles. The molecule has 3 aromatic rings. The summed E-state index contributed by atoms with van der Waals surface area (Å²) in [4.78, 5) is 49.7. The molecule has 1 saturated carbocycles. The average Bonchev–Trinajstić information content (AvgIpc) is 3.59. The Morgan fingerprint density at radius 2 is 1.83 bits per heavy atom. The Bertz CT molecular complexity index is 1580. The van der Waals surface area contributed by atoms with Crippen LogP contribution in [-0.2, 0) is 26.3 Å². The van der Waals surface area contributed by atoms with Crippen LogP contribution in [0.5, 0.6) is 0 Å². The molecule has 2 fully saturated rings. The highest BCUT2D eigenvalue weighted by molar-refractivity contribution is 6.12. The number of rotatable bonds is 6. The Labute approximate surface area is 244 Å². The lowest BCUT2D eigenvalue weighted by molar-refractivity contribution is -0.132. The largest absolute Gasteiger partial charge is 0.351 e. The van der Waals surface area contributed by atoms with Gasteiger partial charge in [0.15, 0.2) is 5.54 Å². The van der Waals surface area contributed by atoms with Crippen molar-refractivity contribution >= 4 is 29.2 Å². The average molecular weight is 566 g/mol. The second-order valence-corrected chi connectivity index (χ2v) is 11.3. The number of aromatic nitrogens is 1. The Balaban J connectivity index is 1.49. The van der Waals surface area contributed by atoms with Gasteiger partial charge < -0.3 is 5.32 Å². The van der Waals surface area contributed by atoms with Crippen molar-refractivity contribution in [3.05, 3.63) is 89.4 Å². The van der Waals surface area contributed by atoms with E-state index in [0.29, 0.717) is 24.0 Å². The molecule has 0 bridgehead atoms. The molecule has 8 nitrogen and oxygen atoms in total. The first-order chi connectivity index (χ1) is 20.4. The molecule has 2 aliphatic carbocycles. The minimum atomic E-state index is -1.45. The normalized spacial score (nSPS) is 22.0. The molecular weight excluding hydrogens is 533 g/mol. The van der Waals surface area contributed by atoms with Gasteiger partial charge in [-0.15, -0.1) is 0 Å². The molecule has 1 N–H and O–H groups in total. The zero-order valence-corrected chi connectivity index (χ0v) is 23.3. The Kier molecular flexibility index (Phi) is 7.46. The molecule has 0 spiro atoms. The van der Waals surface area contributed by atoms with Crippen LogP contribution in [0.15, 0.2) is 66.9 Å². The van der Waals surface area contributed by atoms with E-state index in [1.807, 2.05) is 24.3 Å². The lowest BCUT2D eigenvalue weighted by Gasteiger charge is -2.43. The number of halogens is 1. The molecule has 42 heavy (non-hydrogen) atoms. The second-order valence-electron chi connectivity index (χ2n) is 11.3. The van der Waals surface area contributed by atoms with Crippen LogP contribution in [0.2, 0.25) is 0 Å². The van der Waals surface area contributed by atoms with Crippen LogP contribution in [0.3, 0.4) is 0 Å². The van der Waals surface area contributed by atoms with Gasteiger partial charge in [-0.25, -0.2) is 9.37 Å².